The lowest BCUT2D eigenvalue weighted by Gasteiger charge is -2.13. The smallest absolute Gasteiger partial charge is 0.191 e. The molecule has 0 saturated carbocycles. The fraction of sp³-hybridized carbons (Fsp3) is 0.333. The summed E-state index contributed by atoms with van der Waals surface area (Å²) in [5.41, 5.74) is 3.35. The first-order valence-electron chi connectivity index (χ1n) is 9.03. The summed E-state index contributed by atoms with van der Waals surface area (Å²) < 4.78 is 18.2. The normalized spacial score (nSPS) is 10.8. The van der Waals surface area contributed by atoms with E-state index >= 15 is 0 Å². The number of aryl methyl sites for hydroxylation is 1. The van der Waals surface area contributed by atoms with E-state index in [1.165, 1.54) is 5.56 Å². The van der Waals surface area contributed by atoms with Gasteiger partial charge in [0.15, 0.2) is 22.5 Å². The molecule has 7 heteroatoms. The average molecular weight is 400 g/mol. The van der Waals surface area contributed by atoms with Crippen LogP contribution in [0.25, 0.3) is 11.4 Å². The van der Waals surface area contributed by atoms with Crippen LogP contribution in [0.4, 0.5) is 0 Å². The van der Waals surface area contributed by atoms with Crippen LogP contribution >= 0.6 is 11.8 Å². The van der Waals surface area contributed by atoms with Crippen LogP contribution in [0.5, 0.6) is 17.2 Å². The molecule has 2 aromatic carbocycles. The van der Waals surface area contributed by atoms with Crippen molar-refractivity contribution >= 4 is 11.8 Å². The summed E-state index contributed by atoms with van der Waals surface area (Å²) in [4.78, 5) is 0. The molecule has 3 aromatic rings. The molecular formula is C21H25N3O3S. The number of benzene rings is 2. The highest BCUT2D eigenvalue weighted by atomic mass is 32.2. The van der Waals surface area contributed by atoms with Gasteiger partial charge in [-0.05, 0) is 61.4 Å². The highest BCUT2D eigenvalue weighted by molar-refractivity contribution is 7.98. The first-order valence-corrected chi connectivity index (χ1v) is 10.0. The van der Waals surface area contributed by atoms with Gasteiger partial charge in [0.1, 0.15) is 5.75 Å². The zero-order valence-electron chi connectivity index (χ0n) is 16.9. The molecule has 0 spiro atoms. The number of hydrogen-bond donors (Lipinski definition) is 0. The minimum Gasteiger partial charge on any atom is -0.497 e. The number of aromatic nitrogens is 3. The second-order valence-electron chi connectivity index (χ2n) is 6.20. The highest BCUT2D eigenvalue weighted by Crippen LogP contribution is 2.34. The molecule has 0 N–H and O–H groups in total. The molecule has 1 aromatic heterocycles. The van der Waals surface area contributed by atoms with Crippen LogP contribution in [0, 0.1) is 6.92 Å². The summed E-state index contributed by atoms with van der Waals surface area (Å²) in [6, 6.07) is 11.9. The van der Waals surface area contributed by atoms with Gasteiger partial charge >= 0.3 is 0 Å². The van der Waals surface area contributed by atoms with E-state index in [4.69, 9.17) is 14.2 Å². The molecule has 0 aliphatic rings. The zero-order chi connectivity index (χ0) is 20.1. The van der Waals surface area contributed by atoms with Gasteiger partial charge in [-0.2, -0.15) is 0 Å². The fourth-order valence-corrected chi connectivity index (χ4v) is 4.02. The molecule has 0 atom stereocenters. The van der Waals surface area contributed by atoms with Crippen molar-refractivity contribution in [1.29, 1.82) is 0 Å². The number of hydrogen-bond acceptors (Lipinski definition) is 6. The lowest BCUT2D eigenvalue weighted by Crippen LogP contribution is -2.00. The van der Waals surface area contributed by atoms with E-state index in [2.05, 4.69) is 28.6 Å². The molecule has 0 bridgehead atoms. The van der Waals surface area contributed by atoms with E-state index in [1.54, 1.807) is 33.1 Å². The molecule has 148 valence electrons. The van der Waals surface area contributed by atoms with Crippen molar-refractivity contribution in [3.8, 4) is 28.6 Å². The minimum absolute atomic E-state index is 0.736. The fourth-order valence-electron chi connectivity index (χ4n) is 2.95. The van der Waals surface area contributed by atoms with E-state index in [1.807, 2.05) is 36.4 Å². The van der Waals surface area contributed by atoms with Gasteiger partial charge < -0.3 is 18.8 Å². The van der Waals surface area contributed by atoms with E-state index in [9.17, 15) is 0 Å². The second-order valence-corrected chi connectivity index (χ2v) is 7.14. The third-order valence-electron chi connectivity index (χ3n) is 4.58. The van der Waals surface area contributed by atoms with Crippen molar-refractivity contribution in [1.82, 2.24) is 14.8 Å². The number of rotatable bonds is 8. The quantitative estimate of drug-likeness (QED) is 0.516. The minimum atomic E-state index is 0.736. The average Bonchev–Trinajstić information content (AvgIpc) is 3.15. The molecule has 28 heavy (non-hydrogen) atoms. The topological polar surface area (TPSA) is 58.4 Å². The first kappa shape index (κ1) is 20.1. The SMILES string of the molecule is CCn1c(SCc2cc(OC)c(OC)cc2C)nnc1-c1ccc(OC)cc1. The molecule has 0 aliphatic heterocycles. The Morgan fingerprint density at radius 3 is 2.21 bits per heavy atom. The number of nitrogens with zero attached hydrogens (tertiary/aromatic N) is 3. The van der Waals surface area contributed by atoms with Gasteiger partial charge in [-0.25, -0.2) is 0 Å². The monoisotopic (exact) mass is 399 g/mol. The Kier molecular flexibility index (Phi) is 6.46. The van der Waals surface area contributed by atoms with E-state index in [0.29, 0.717) is 0 Å². The number of thioether (sulfide) groups is 1. The van der Waals surface area contributed by atoms with Gasteiger partial charge in [0.2, 0.25) is 0 Å². The lowest BCUT2D eigenvalue weighted by molar-refractivity contribution is 0.354. The summed E-state index contributed by atoms with van der Waals surface area (Å²) in [6.45, 7) is 4.97. The Labute approximate surface area is 169 Å². The van der Waals surface area contributed by atoms with Gasteiger partial charge in [-0.3, -0.25) is 0 Å². The van der Waals surface area contributed by atoms with Crippen LogP contribution in [-0.2, 0) is 12.3 Å². The van der Waals surface area contributed by atoms with E-state index in [-0.39, 0.29) is 0 Å². The molecule has 6 nitrogen and oxygen atoms in total. The molecule has 0 amide bonds. The summed E-state index contributed by atoms with van der Waals surface area (Å²) in [7, 11) is 4.96. The third kappa shape index (κ3) is 4.09. The van der Waals surface area contributed by atoms with Crippen molar-refractivity contribution in [2.75, 3.05) is 21.3 Å². The van der Waals surface area contributed by atoms with Crippen LogP contribution in [0.15, 0.2) is 41.6 Å². The Morgan fingerprint density at radius 2 is 1.61 bits per heavy atom. The Balaban J connectivity index is 1.83. The van der Waals surface area contributed by atoms with Crippen LogP contribution in [-0.4, -0.2) is 36.1 Å². The molecule has 0 fully saturated rings. The number of methoxy groups -OCH3 is 3. The summed E-state index contributed by atoms with van der Waals surface area (Å²) in [5.74, 6) is 3.93. The maximum Gasteiger partial charge on any atom is 0.191 e. The van der Waals surface area contributed by atoms with Crippen molar-refractivity contribution in [2.45, 2.75) is 31.3 Å². The van der Waals surface area contributed by atoms with E-state index in [0.717, 1.165) is 51.7 Å². The molecule has 0 unspecified atom stereocenters. The second kappa shape index (κ2) is 9.01. The van der Waals surface area contributed by atoms with Gasteiger partial charge in [0.05, 0.1) is 21.3 Å². The standard InChI is InChI=1S/C21H25N3O3S/c1-6-24-20(15-7-9-17(25-3)10-8-15)22-23-21(24)28-13-16-12-19(27-5)18(26-4)11-14(16)2/h7-12H,6,13H2,1-5H3. The van der Waals surface area contributed by atoms with Crippen molar-refractivity contribution in [2.24, 2.45) is 0 Å². The molecule has 0 saturated heterocycles. The van der Waals surface area contributed by atoms with Gasteiger partial charge in [-0.1, -0.05) is 11.8 Å². The largest absolute Gasteiger partial charge is 0.497 e. The Bertz CT molecular complexity index is 939. The summed E-state index contributed by atoms with van der Waals surface area (Å²) in [6.07, 6.45) is 0. The van der Waals surface area contributed by atoms with Gasteiger partial charge in [-0.15, -0.1) is 10.2 Å². The Morgan fingerprint density at radius 1 is 0.929 bits per heavy atom. The maximum atomic E-state index is 5.43. The Hall–Kier alpha value is -2.67. The first-order chi connectivity index (χ1) is 13.6. The predicted octanol–water partition coefficient (Wildman–Crippen LogP) is 4.59. The van der Waals surface area contributed by atoms with Crippen LogP contribution < -0.4 is 14.2 Å². The van der Waals surface area contributed by atoms with Crippen molar-refractivity contribution < 1.29 is 14.2 Å². The van der Waals surface area contributed by atoms with Gasteiger partial charge in [0, 0.05) is 17.9 Å². The molecule has 0 radical (unpaired) electrons. The molecule has 1 heterocycles. The van der Waals surface area contributed by atoms with Crippen molar-refractivity contribution in [3.05, 3.63) is 47.5 Å². The lowest BCUT2D eigenvalue weighted by atomic mass is 10.1. The van der Waals surface area contributed by atoms with Crippen LogP contribution in [0.1, 0.15) is 18.1 Å². The molecule has 3 rings (SSSR count). The third-order valence-corrected chi connectivity index (χ3v) is 5.60. The maximum absolute atomic E-state index is 5.43. The highest BCUT2D eigenvalue weighted by Gasteiger charge is 2.15. The van der Waals surface area contributed by atoms with Crippen LogP contribution in [0.3, 0.4) is 0 Å². The zero-order valence-corrected chi connectivity index (χ0v) is 17.7. The molecular weight excluding hydrogens is 374 g/mol. The molecule has 0 aliphatic carbocycles. The number of ether oxygens (including phenoxy) is 3. The summed E-state index contributed by atoms with van der Waals surface area (Å²) in [5, 5.41) is 9.72. The van der Waals surface area contributed by atoms with E-state index < -0.39 is 0 Å². The van der Waals surface area contributed by atoms with Crippen molar-refractivity contribution in [3.63, 3.8) is 0 Å². The predicted molar refractivity (Wildman–Crippen MR) is 112 cm³/mol. The van der Waals surface area contributed by atoms with Crippen LogP contribution in [0.2, 0.25) is 0 Å². The summed E-state index contributed by atoms with van der Waals surface area (Å²) >= 11 is 1.66. The van der Waals surface area contributed by atoms with Gasteiger partial charge in [0.25, 0.3) is 0 Å².